The normalized spacial score (nSPS) is 10.9. The smallest absolute Gasteiger partial charge is 0.183 e. The fourth-order valence-electron chi connectivity index (χ4n) is 1.61. The van der Waals surface area contributed by atoms with Crippen LogP contribution in [0.5, 0.6) is 0 Å². The quantitative estimate of drug-likeness (QED) is 0.693. The van der Waals surface area contributed by atoms with E-state index in [4.69, 9.17) is 5.73 Å². The number of rotatable bonds is 3. The third kappa shape index (κ3) is 2.12. The average Bonchev–Trinajstić information content (AvgIpc) is 2.90. The van der Waals surface area contributed by atoms with Gasteiger partial charge in [-0.15, -0.1) is 0 Å². The summed E-state index contributed by atoms with van der Waals surface area (Å²) in [6, 6.07) is 7.70. The number of hydrogen-bond donors (Lipinski definition) is 2. The van der Waals surface area contributed by atoms with E-state index in [1.807, 2.05) is 24.3 Å². The summed E-state index contributed by atoms with van der Waals surface area (Å²) >= 11 is 1.49. The van der Waals surface area contributed by atoms with Gasteiger partial charge in [-0.25, -0.2) is 15.0 Å². The second-order valence-corrected chi connectivity index (χ2v) is 4.59. The zero-order valence-corrected chi connectivity index (χ0v) is 10.2. The van der Waals surface area contributed by atoms with E-state index >= 15 is 0 Å². The number of aromatic nitrogens is 5. The lowest BCUT2D eigenvalue weighted by atomic mass is 10.2. The highest BCUT2D eigenvalue weighted by atomic mass is 32.2. The van der Waals surface area contributed by atoms with Gasteiger partial charge in [-0.05, 0) is 12.1 Å². The van der Waals surface area contributed by atoms with Crippen molar-refractivity contribution in [2.45, 2.75) is 10.9 Å². The van der Waals surface area contributed by atoms with Crippen LogP contribution in [0.25, 0.3) is 10.9 Å². The number of fused-ring (bicyclic) bond motifs is 1. The molecule has 3 N–H and O–H groups in total. The summed E-state index contributed by atoms with van der Waals surface area (Å²) in [4.78, 5) is 12.8. The van der Waals surface area contributed by atoms with Crippen molar-refractivity contribution in [3.63, 3.8) is 0 Å². The first-order valence-electron chi connectivity index (χ1n) is 5.32. The van der Waals surface area contributed by atoms with Gasteiger partial charge in [0, 0.05) is 5.39 Å². The van der Waals surface area contributed by atoms with Crippen molar-refractivity contribution in [1.82, 2.24) is 25.1 Å². The van der Waals surface area contributed by atoms with Crippen LogP contribution in [-0.2, 0) is 5.75 Å². The molecule has 0 amide bonds. The molecule has 7 heteroatoms. The van der Waals surface area contributed by atoms with Crippen molar-refractivity contribution in [3.05, 3.63) is 36.4 Å². The van der Waals surface area contributed by atoms with E-state index < -0.39 is 0 Å². The first kappa shape index (κ1) is 11.0. The Bertz CT molecular complexity index is 666. The highest BCUT2D eigenvalue weighted by Gasteiger charge is 2.06. The molecule has 0 unspecified atom stereocenters. The van der Waals surface area contributed by atoms with Gasteiger partial charge in [0.25, 0.3) is 0 Å². The van der Waals surface area contributed by atoms with Crippen LogP contribution in [0.15, 0.2) is 35.7 Å². The molecule has 0 aliphatic rings. The van der Waals surface area contributed by atoms with Crippen molar-refractivity contribution in [1.29, 1.82) is 0 Å². The third-order valence-electron chi connectivity index (χ3n) is 2.41. The number of nitrogens with zero attached hydrogens (tertiary/aromatic N) is 4. The van der Waals surface area contributed by atoms with Crippen LogP contribution in [0.4, 0.5) is 5.82 Å². The Kier molecular flexibility index (Phi) is 2.81. The predicted molar refractivity (Wildman–Crippen MR) is 69.9 cm³/mol. The molecule has 0 spiro atoms. The molecule has 6 nitrogen and oxygen atoms in total. The molecule has 0 bridgehead atoms. The Labute approximate surface area is 107 Å². The van der Waals surface area contributed by atoms with E-state index in [9.17, 15) is 0 Å². The molecule has 0 fully saturated rings. The van der Waals surface area contributed by atoms with E-state index in [2.05, 4.69) is 25.1 Å². The molecular weight excluding hydrogens is 248 g/mol. The second-order valence-electron chi connectivity index (χ2n) is 3.62. The lowest BCUT2D eigenvalue weighted by Crippen LogP contribution is -1.99. The Morgan fingerprint density at radius 3 is 2.94 bits per heavy atom. The zero-order valence-electron chi connectivity index (χ0n) is 9.37. The summed E-state index contributed by atoms with van der Waals surface area (Å²) in [6.07, 6.45) is 1.47. The number of aromatic amines is 1. The lowest BCUT2D eigenvalue weighted by Gasteiger charge is -2.04. The van der Waals surface area contributed by atoms with Crippen molar-refractivity contribution in [2.75, 3.05) is 5.73 Å². The second kappa shape index (κ2) is 4.61. The van der Waals surface area contributed by atoms with Crippen molar-refractivity contribution < 1.29 is 0 Å². The van der Waals surface area contributed by atoms with E-state index in [1.54, 1.807) is 0 Å². The molecule has 0 saturated carbocycles. The first-order valence-corrected chi connectivity index (χ1v) is 6.31. The zero-order chi connectivity index (χ0) is 12.4. The Balaban J connectivity index is 1.88. The van der Waals surface area contributed by atoms with Crippen LogP contribution >= 0.6 is 11.8 Å². The number of nitrogens with one attached hydrogen (secondary N) is 1. The first-order chi connectivity index (χ1) is 8.83. The Hall–Kier alpha value is -2.15. The van der Waals surface area contributed by atoms with Crippen LogP contribution in [0.3, 0.4) is 0 Å². The van der Waals surface area contributed by atoms with Gasteiger partial charge in [0.1, 0.15) is 18.0 Å². The number of para-hydroxylation sites is 1. The van der Waals surface area contributed by atoms with Gasteiger partial charge in [-0.2, -0.15) is 5.10 Å². The van der Waals surface area contributed by atoms with Crippen LogP contribution in [-0.4, -0.2) is 25.1 Å². The number of benzene rings is 1. The molecule has 3 rings (SSSR count). The van der Waals surface area contributed by atoms with Crippen LogP contribution in [0.2, 0.25) is 0 Å². The van der Waals surface area contributed by atoms with Gasteiger partial charge >= 0.3 is 0 Å². The maximum atomic E-state index is 5.91. The van der Waals surface area contributed by atoms with Gasteiger partial charge < -0.3 is 5.73 Å². The minimum Gasteiger partial charge on any atom is -0.383 e. The van der Waals surface area contributed by atoms with E-state index in [-0.39, 0.29) is 0 Å². The van der Waals surface area contributed by atoms with Gasteiger partial charge in [0.2, 0.25) is 0 Å². The van der Waals surface area contributed by atoms with Crippen molar-refractivity contribution in [3.8, 4) is 0 Å². The van der Waals surface area contributed by atoms with Gasteiger partial charge in [0.05, 0.1) is 11.3 Å². The maximum Gasteiger partial charge on any atom is 0.183 e. The molecule has 3 aromatic rings. The number of nitrogens with two attached hydrogens (primary N) is 1. The molecule has 18 heavy (non-hydrogen) atoms. The molecule has 0 saturated heterocycles. The molecule has 0 aliphatic heterocycles. The summed E-state index contributed by atoms with van der Waals surface area (Å²) in [5, 5.41) is 8.18. The third-order valence-corrected chi connectivity index (χ3v) is 3.28. The summed E-state index contributed by atoms with van der Waals surface area (Å²) in [5.74, 6) is 1.80. The summed E-state index contributed by atoms with van der Waals surface area (Å²) in [6.45, 7) is 0. The topological polar surface area (TPSA) is 93.4 Å². The summed E-state index contributed by atoms with van der Waals surface area (Å²) in [5.41, 5.74) is 6.77. The molecule has 0 aliphatic carbocycles. The van der Waals surface area contributed by atoms with Crippen molar-refractivity contribution >= 4 is 28.5 Å². The largest absolute Gasteiger partial charge is 0.383 e. The maximum absolute atomic E-state index is 5.91. The molecule has 0 atom stereocenters. The number of nitrogen functional groups attached to an aromatic ring is 1. The van der Waals surface area contributed by atoms with Crippen molar-refractivity contribution in [2.24, 2.45) is 0 Å². The minimum atomic E-state index is 0.508. The minimum absolute atomic E-state index is 0.508. The Morgan fingerprint density at radius 1 is 1.22 bits per heavy atom. The number of H-pyrrole nitrogens is 1. The van der Waals surface area contributed by atoms with E-state index in [0.29, 0.717) is 17.4 Å². The van der Waals surface area contributed by atoms with Gasteiger partial charge in [0.15, 0.2) is 5.16 Å². The standard InChI is InChI=1S/C11H10N6S/c12-10-7-3-1-2-4-8(7)15-9(16-10)5-18-11-13-6-14-17-11/h1-4,6H,5H2,(H2,12,15,16)(H,13,14,17). The predicted octanol–water partition coefficient (Wildman–Crippen LogP) is 1.62. The summed E-state index contributed by atoms with van der Waals surface area (Å²) < 4.78 is 0. The Morgan fingerprint density at radius 2 is 2.11 bits per heavy atom. The summed E-state index contributed by atoms with van der Waals surface area (Å²) in [7, 11) is 0. The fraction of sp³-hybridized carbons (Fsp3) is 0.0909. The molecule has 1 aromatic carbocycles. The molecular formula is C11H10N6S. The van der Waals surface area contributed by atoms with Crippen LogP contribution in [0, 0.1) is 0 Å². The van der Waals surface area contributed by atoms with Gasteiger partial charge in [-0.3, -0.25) is 5.10 Å². The molecule has 2 aromatic heterocycles. The molecule has 2 heterocycles. The molecule has 0 radical (unpaired) electrons. The highest BCUT2D eigenvalue weighted by molar-refractivity contribution is 7.98. The highest BCUT2D eigenvalue weighted by Crippen LogP contribution is 2.21. The van der Waals surface area contributed by atoms with E-state index in [0.717, 1.165) is 16.1 Å². The lowest BCUT2D eigenvalue weighted by molar-refractivity contribution is 0.968. The van der Waals surface area contributed by atoms with Gasteiger partial charge in [-0.1, -0.05) is 23.9 Å². The van der Waals surface area contributed by atoms with Crippen LogP contribution < -0.4 is 5.73 Å². The number of thioether (sulfide) groups is 1. The monoisotopic (exact) mass is 258 g/mol. The number of anilines is 1. The SMILES string of the molecule is Nc1nc(CSc2ncn[nH]2)nc2ccccc12. The average molecular weight is 258 g/mol. The van der Waals surface area contributed by atoms with E-state index in [1.165, 1.54) is 18.1 Å². The van der Waals surface area contributed by atoms with Crippen LogP contribution in [0.1, 0.15) is 5.82 Å². The molecule has 90 valence electrons. The fourth-order valence-corrected chi connectivity index (χ4v) is 2.25. The number of hydrogen-bond acceptors (Lipinski definition) is 6.